The summed E-state index contributed by atoms with van der Waals surface area (Å²) in [5.41, 5.74) is 8.04. The molecule has 10 heteroatoms. The maximum atomic E-state index is 12.6. The number of nitrogens with two attached hydrogens (primary N) is 1. The van der Waals surface area contributed by atoms with Crippen molar-refractivity contribution < 1.29 is 14.7 Å². The molecule has 0 unspecified atom stereocenters. The molecule has 1 aliphatic heterocycles. The Hall–Kier alpha value is -3.40. The highest BCUT2D eigenvalue weighted by molar-refractivity contribution is 6.02. The molecule has 0 aromatic carbocycles. The molecule has 4 atom stereocenters. The minimum atomic E-state index is -1.36. The molecule has 2 aliphatic rings. The number of aromatic nitrogens is 4. The maximum Gasteiger partial charge on any atom is 0.253 e. The van der Waals surface area contributed by atoms with Crippen LogP contribution < -0.4 is 11.1 Å². The van der Waals surface area contributed by atoms with E-state index in [0.29, 0.717) is 36.2 Å². The third kappa shape index (κ3) is 3.62. The van der Waals surface area contributed by atoms with E-state index in [1.54, 1.807) is 20.3 Å². The van der Waals surface area contributed by atoms with Crippen molar-refractivity contribution in [2.24, 2.45) is 30.5 Å². The van der Waals surface area contributed by atoms with E-state index < -0.39 is 11.5 Å². The van der Waals surface area contributed by atoms with Gasteiger partial charge in [-0.3, -0.25) is 14.3 Å². The Morgan fingerprint density at radius 1 is 1.26 bits per heavy atom. The molecular weight excluding hydrogens is 434 g/mol. The van der Waals surface area contributed by atoms with Gasteiger partial charge >= 0.3 is 0 Å². The van der Waals surface area contributed by atoms with Crippen LogP contribution in [0.1, 0.15) is 37.6 Å². The van der Waals surface area contributed by atoms with Crippen LogP contribution in [0.2, 0.25) is 0 Å². The number of carbonyl (C=O) groups excluding carboxylic acids is 2. The summed E-state index contributed by atoms with van der Waals surface area (Å²) in [6, 6.07) is 4.04. The van der Waals surface area contributed by atoms with Gasteiger partial charge in [0.2, 0.25) is 0 Å². The number of hydrogen-bond acceptors (Lipinski definition) is 6. The van der Waals surface area contributed by atoms with Crippen LogP contribution in [0.4, 0.5) is 5.69 Å². The van der Waals surface area contributed by atoms with E-state index in [1.807, 2.05) is 25.4 Å². The van der Waals surface area contributed by atoms with E-state index in [1.165, 1.54) is 20.0 Å². The molecule has 1 saturated heterocycles. The molecule has 2 amide bonds. The average molecular weight is 466 g/mol. The van der Waals surface area contributed by atoms with Gasteiger partial charge in [0.05, 0.1) is 28.7 Å². The summed E-state index contributed by atoms with van der Waals surface area (Å²) < 4.78 is 3.54. The molecule has 3 aromatic heterocycles. The SMILES string of the molecule is C[C@@H]1[C@H]2CN(C(=O)C(C)(C)O)C[C@H]2C[C@H]1Nc1c(C(N)=O)cnn2cc(-c3ccnn3C)cc12. The number of aryl methyl sites for hydroxylation is 1. The van der Waals surface area contributed by atoms with Crippen molar-refractivity contribution in [3.8, 4) is 11.3 Å². The quantitative estimate of drug-likeness (QED) is 0.523. The lowest BCUT2D eigenvalue weighted by Crippen LogP contribution is -2.45. The third-order valence-corrected chi connectivity index (χ3v) is 7.52. The number of nitrogens with zero attached hydrogens (tertiary/aromatic N) is 5. The molecule has 10 nitrogen and oxygen atoms in total. The van der Waals surface area contributed by atoms with Crippen molar-refractivity contribution in [3.05, 3.63) is 36.3 Å². The Kier molecular flexibility index (Phi) is 5.16. The second kappa shape index (κ2) is 7.83. The van der Waals surface area contributed by atoms with E-state index in [4.69, 9.17) is 5.73 Å². The summed E-state index contributed by atoms with van der Waals surface area (Å²) in [7, 11) is 1.88. The van der Waals surface area contributed by atoms with Gasteiger partial charge in [0.15, 0.2) is 0 Å². The fraction of sp³-hybridized carbons (Fsp3) is 0.500. The molecule has 3 aromatic rings. The van der Waals surface area contributed by atoms with E-state index in [0.717, 1.165) is 23.2 Å². The van der Waals surface area contributed by atoms with Gasteiger partial charge in [0, 0.05) is 44.1 Å². The maximum absolute atomic E-state index is 12.6. The lowest BCUT2D eigenvalue weighted by molar-refractivity contribution is -0.147. The second-order valence-corrected chi connectivity index (χ2v) is 10.2. The van der Waals surface area contributed by atoms with E-state index >= 15 is 0 Å². The molecule has 4 heterocycles. The first-order chi connectivity index (χ1) is 16.0. The van der Waals surface area contributed by atoms with Crippen LogP contribution >= 0.6 is 0 Å². The molecule has 1 aliphatic carbocycles. The Morgan fingerprint density at radius 2 is 2.03 bits per heavy atom. The first kappa shape index (κ1) is 22.4. The zero-order valence-electron chi connectivity index (χ0n) is 19.9. The van der Waals surface area contributed by atoms with E-state index in [2.05, 4.69) is 22.4 Å². The fourth-order valence-electron chi connectivity index (χ4n) is 5.70. The zero-order valence-corrected chi connectivity index (χ0v) is 19.9. The molecule has 0 spiro atoms. The highest BCUT2D eigenvalue weighted by Gasteiger charge is 2.48. The van der Waals surface area contributed by atoms with Gasteiger partial charge in [-0.25, -0.2) is 4.52 Å². The number of rotatable bonds is 5. The van der Waals surface area contributed by atoms with Crippen LogP contribution in [0.5, 0.6) is 0 Å². The standard InChI is InChI=1S/C24H31N7O3/c1-13-17-12-30(23(33)24(2,3)34)10-14(17)7-18(13)28-21-16(22(25)32)9-27-31-11-15(8-20(21)31)19-5-6-26-29(19)4/h5-6,8-9,11,13-14,17-18,28,34H,7,10,12H2,1-4H3,(H2,25,32)/t13-,14-,17-,18-/m1/s1. The summed E-state index contributed by atoms with van der Waals surface area (Å²) in [6.07, 6.45) is 6.03. The van der Waals surface area contributed by atoms with Crippen LogP contribution in [0, 0.1) is 17.8 Å². The normalized spacial score (nSPS) is 24.6. The average Bonchev–Trinajstić information content (AvgIpc) is 3.52. The lowest BCUT2D eigenvalue weighted by atomic mass is 9.93. The van der Waals surface area contributed by atoms with Gasteiger partial charge in [-0.1, -0.05) is 6.92 Å². The fourth-order valence-corrected chi connectivity index (χ4v) is 5.70. The van der Waals surface area contributed by atoms with Crippen LogP contribution in [0.15, 0.2) is 30.7 Å². The van der Waals surface area contributed by atoms with E-state index in [9.17, 15) is 14.7 Å². The summed E-state index contributed by atoms with van der Waals surface area (Å²) in [5.74, 6) is 0.181. The van der Waals surface area contributed by atoms with Crippen molar-refractivity contribution in [2.45, 2.75) is 38.8 Å². The zero-order chi connectivity index (χ0) is 24.4. The number of primary amides is 1. The summed E-state index contributed by atoms with van der Waals surface area (Å²) >= 11 is 0. The smallest absolute Gasteiger partial charge is 0.253 e. The van der Waals surface area contributed by atoms with Gasteiger partial charge in [-0.2, -0.15) is 10.2 Å². The predicted octanol–water partition coefficient (Wildman–Crippen LogP) is 1.50. The van der Waals surface area contributed by atoms with Crippen molar-refractivity contribution in [1.82, 2.24) is 24.3 Å². The highest BCUT2D eigenvalue weighted by Crippen LogP contribution is 2.44. The molecule has 2 fully saturated rings. The number of anilines is 1. The molecular formula is C24H31N7O3. The second-order valence-electron chi connectivity index (χ2n) is 10.2. The van der Waals surface area contributed by atoms with Crippen molar-refractivity contribution in [3.63, 3.8) is 0 Å². The Bertz CT molecular complexity index is 1270. The van der Waals surface area contributed by atoms with Gasteiger partial charge in [-0.15, -0.1) is 0 Å². The minimum Gasteiger partial charge on any atom is -0.381 e. The minimum absolute atomic E-state index is 0.119. The Morgan fingerprint density at radius 3 is 2.65 bits per heavy atom. The van der Waals surface area contributed by atoms with Gasteiger partial charge in [0.1, 0.15) is 5.60 Å². The van der Waals surface area contributed by atoms with Gasteiger partial charge in [0.25, 0.3) is 11.8 Å². The third-order valence-electron chi connectivity index (χ3n) is 7.52. The first-order valence-corrected chi connectivity index (χ1v) is 11.6. The Labute approximate surface area is 197 Å². The number of aliphatic hydroxyl groups is 1. The Balaban J connectivity index is 1.43. The highest BCUT2D eigenvalue weighted by atomic mass is 16.3. The topological polar surface area (TPSA) is 131 Å². The van der Waals surface area contributed by atoms with Crippen LogP contribution in [0.25, 0.3) is 16.8 Å². The molecule has 5 rings (SSSR count). The predicted molar refractivity (Wildman–Crippen MR) is 127 cm³/mol. The van der Waals surface area contributed by atoms with Crippen LogP contribution in [0.3, 0.4) is 0 Å². The van der Waals surface area contributed by atoms with Gasteiger partial charge < -0.3 is 21.1 Å². The number of carbonyl (C=O) groups is 2. The molecule has 0 bridgehead atoms. The number of nitrogens with one attached hydrogen (secondary N) is 1. The summed E-state index contributed by atoms with van der Waals surface area (Å²) in [4.78, 5) is 26.6. The number of likely N-dealkylation sites (tertiary alicyclic amines) is 1. The monoisotopic (exact) mass is 465 g/mol. The van der Waals surface area contributed by atoms with Crippen LogP contribution in [-0.2, 0) is 11.8 Å². The van der Waals surface area contributed by atoms with Crippen LogP contribution in [-0.4, -0.2) is 65.9 Å². The van der Waals surface area contributed by atoms with Crippen molar-refractivity contribution >= 4 is 23.0 Å². The first-order valence-electron chi connectivity index (χ1n) is 11.6. The number of amides is 2. The molecule has 4 N–H and O–H groups in total. The molecule has 34 heavy (non-hydrogen) atoms. The van der Waals surface area contributed by atoms with Crippen molar-refractivity contribution in [2.75, 3.05) is 18.4 Å². The number of hydrogen-bond donors (Lipinski definition) is 3. The van der Waals surface area contributed by atoms with Gasteiger partial charge in [-0.05, 0) is 50.2 Å². The molecule has 0 radical (unpaired) electrons. The molecule has 1 saturated carbocycles. The lowest BCUT2D eigenvalue weighted by Gasteiger charge is -2.28. The number of fused-ring (bicyclic) bond motifs is 2. The summed E-state index contributed by atoms with van der Waals surface area (Å²) in [6.45, 7) is 6.53. The van der Waals surface area contributed by atoms with E-state index in [-0.39, 0.29) is 17.9 Å². The van der Waals surface area contributed by atoms with Crippen molar-refractivity contribution in [1.29, 1.82) is 0 Å². The molecule has 180 valence electrons. The summed E-state index contributed by atoms with van der Waals surface area (Å²) in [5, 5.41) is 22.4. The largest absolute Gasteiger partial charge is 0.381 e.